The van der Waals surface area contributed by atoms with Crippen molar-refractivity contribution in [3.05, 3.63) is 5.21 Å². The Hall–Kier alpha value is -0.900. The molecule has 0 spiro atoms. The van der Waals surface area contributed by atoms with Gasteiger partial charge >= 0.3 is 0 Å². The summed E-state index contributed by atoms with van der Waals surface area (Å²) >= 11 is 0. The molecule has 0 amide bonds. The summed E-state index contributed by atoms with van der Waals surface area (Å²) in [5.74, 6) is -0.269. The maximum atomic E-state index is 10.0. The highest BCUT2D eigenvalue weighted by Crippen LogP contribution is 2.16. The van der Waals surface area contributed by atoms with E-state index >= 15 is 0 Å². The van der Waals surface area contributed by atoms with E-state index in [1.54, 1.807) is 0 Å². The molecule has 0 atom stereocenters. The SMILES string of the molecule is CC(=O)/C(C)=N/[O-].CCCC[N+](CCCC)(CCCC)CCCC. The molecule has 0 unspecified atom stereocenters. The average molecular weight is 343 g/mol. The Bertz CT molecular complexity index is 290. The lowest BCUT2D eigenvalue weighted by Gasteiger charge is -2.39. The summed E-state index contributed by atoms with van der Waals surface area (Å²) in [5, 5.41) is 11.8. The van der Waals surface area contributed by atoms with Gasteiger partial charge in [-0.15, -0.1) is 0 Å². The van der Waals surface area contributed by atoms with Crippen molar-refractivity contribution < 1.29 is 9.28 Å². The monoisotopic (exact) mass is 342 g/mol. The average Bonchev–Trinajstić information content (AvgIpc) is 2.60. The van der Waals surface area contributed by atoms with E-state index in [9.17, 15) is 10.0 Å². The molecule has 0 heterocycles. The van der Waals surface area contributed by atoms with Gasteiger partial charge in [0, 0.05) is 6.92 Å². The van der Waals surface area contributed by atoms with Crippen molar-refractivity contribution >= 4 is 11.5 Å². The molecule has 0 radical (unpaired) electrons. The van der Waals surface area contributed by atoms with E-state index in [0.29, 0.717) is 0 Å². The Morgan fingerprint density at radius 1 is 0.750 bits per heavy atom. The largest absolute Gasteiger partial charge is 0.792 e. The minimum atomic E-state index is -0.269. The van der Waals surface area contributed by atoms with Crippen LogP contribution in [0.1, 0.15) is 92.9 Å². The number of hydrogen-bond acceptors (Lipinski definition) is 3. The number of rotatable bonds is 13. The highest BCUT2D eigenvalue weighted by Gasteiger charge is 2.24. The zero-order valence-corrected chi connectivity index (χ0v) is 17.2. The number of Topliss-reactive ketones (excluding diaryl/α,β-unsaturated/α-hetero) is 1. The maximum Gasteiger partial charge on any atom is 0.172 e. The van der Waals surface area contributed by atoms with Crippen LogP contribution in [0.25, 0.3) is 0 Å². The Balaban J connectivity index is 0. The number of nitrogens with zero attached hydrogens (tertiary/aromatic N) is 2. The quantitative estimate of drug-likeness (QED) is 0.251. The molecule has 0 saturated heterocycles. The molecule has 0 aromatic heterocycles. The van der Waals surface area contributed by atoms with Crippen molar-refractivity contribution in [2.45, 2.75) is 92.9 Å². The van der Waals surface area contributed by atoms with Crippen LogP contribution in [0, 0.1) is 5.21 Å². The Morgan fingerprint density at radius 3 is 1.17 bits per heavy atom. The van der Waals surface area contributed by atoms with Gasteiger partial charge < -0.3 is 14.8 Å². The normalized spacial score (nSPS) is 11.8. The summed E-state index contributed by atoms with van der Waals surface area (Å²) < 4.78 is 1.42. The van der Waals surface area contributed by atoms with E-state index in [1.165, 1.54) is 95.9 Å². The number of hydrogen-bond donors (Lipinski definition) is 0. The van der Waals surface area contributed by atoms with Gasteiger partial charge in [0.25, 0.3) is 0 Å². The lowest BCUT2D eigenvalue weighted by atomic mass is 10.1. The molecular formula is C20H42N2O2. The predicted molar refractivity (Wildman–Crippen MR) is 107 cm³/mol. The van der Waals surface area contributed by atoms with Crippen LogP contribution in [-0.4, -0.2) is 42.2 Å². The van der Waals surface area contributed by atoms with Gasteiger partial charge in [0.1, 0.15) is 0 Å². The molecule has 4 nitrogen and oxygen atoms in total. The molecule has 0 bridgehead atoms. The molecule has 0 aromatic rings. The molecule has 0 fully saturated rings. The van der Waals surface area contributed by atoms with E-state index < -0.39 is 0 Å². The Morgan fingerprint density at radius 2 is 1.04 bits per heavy atom. The number of quaternary nitrogens is 1. The molecule has 24 heavy (non-hydrogen) atoms. The van der Waals surface area contributed by atoms with Crippen LogP contribution in [0.15, 0.2) is 5.16 Å². The highest BCUT2D eigenvalue weighted by molar-refractivity contribution is 6.38. The van der Waals surface area contributed by atoms with Crippen LogP contribution in [0.3, 0.4) is 0 Å². The third kappa shape index (κ3) is 13.5. The van der Waals surface area contributed by atoms with E-state index in [-0.39, 0.29) is 11.5 Å². The second-order valence-corrected chi connectivity index (χ2v) is 6.88. The first kappa shape index (κ1) is 25.3. The van der Waals surface area contributed by atoms with Gasteiger partial charge in [-0.3, -0.25) is 4.79 Å². The second kappa shape index (κ2) is 16.9. The number of carbonyl (C=O) groups excluding carboxylic acids is 1. The second-order valence-electron chi connectivity index (χ2n) is 6.88. The van der Waals surface area contributed by atoms with Crippen molar-refractivity contribution in [1.29, 1.82) is 0 Å². The van der Waals surface area contributed by atoms with E-state index in [0.717, 1.165) is 0 Å². The number of carbonyl (C=O) groups is 1. The van der Waals surface area contributed by atoms with Crippen LogP contribution in [0.4, 0.5) is 0 Å². The van der Waals surface area contributed by atoms with Crippen LogP contribution in [-0.2, 0) is 4.79 Å². The standard InChI is InChI=1S/C16H36N.C4H7NO2/c1-5-9-13-17(14-10-6-2,15-11-7-3)16-12-8-4;1-3(5-7)4(2)6/h5-16H2,1-4H3;7H,1-2H3/q+1;/p-1/b;5-3+. The lowest BCUT2D eigenvalue weighted by Crippen LogP contribution is -2.50. The fraction of sp³-hybridized carbons (Fsp3) is 0.900. The highest BCUT2D eigenvalue weighted by atomic mass is 16.4. The van der Waals surface area contributed by atoms with Gasteiger partial charge in [0.15, 0.2) is 5.78 Å². The fourth-order valence-corrected chi connectivity index (χ4v) is 2.71. The summed E-state index contributed by atoms with van der Waals surface area (Å²) in [6.07, 6.45) is 11.1. The molecule has 0 aliphatic rings. The van der Waals surface area contributed by atoms with Crippen molar-refractivity contribution in [1.82, 2.24) is 0 Å². The van der Waals surface area contributed by atoms with Gasteiger partial charge in [0.2, 0.25) is 0 Å². The third-order valence-electron chi connectivity index (χ3n) is 4.59. The zero-order valence-electron chi connectivity index (χ0n) is 17.2. The van der Waals surface area contributed by atoms with Crippen LogP contribution in [0.2, 0.25) is 0 Å². The van der Waals surface area contributed by atoms with E-state index in [2.05, 4.69) is 32.9 Å². The first-order chi connectivity index (χ1) is 11.4. The molecule has 0 aromatic carbocycles. The molecule has 0 aliphatic carbocycles. The van der Waals surface area contributed by atoms with Crippen molar-refractivity contribution in [2.75, 3.05) is 26.2 Å². The molecule has 0 rings (SSSR count). The zero-order chi connectivity index (χ0) is 18.8. The Kier molecular flexibility index (Phi) is 17.9. The first-order valence-electron chi connectivity index (χ1n) is 9.95. The predicted octanol–water partition coefficient (Wildman–Crippen LogP) is 5.54. The summed E-state index contributed by atoms with van der Waals surface area (Å²) in [6, 6.07) is 0. The van der Waals surface area contributed by atoms with Gasteiger partial charge in [0.05, 0.1) is 31.9 Å². The van der Waals surface area contributed by atoms with E-state index in [4.69, 9.17) is 0 Å². The number of ketones is 1. The smallest absolute Gasteiger partial charge is 0.172 e. The van der Waals surface area contributed by atoms with Gasteiger partial charge in [-0.25, -0.2) is 0 Å². The molecule has 0 aliphatic heterocycles. The first-order valence-corrected chi connectivity index (χ1v) is 9.95. The molecule has 0 N–H and O–H groups in total. The van der Waals surface area contributed by atoms with Gasteiger partial charge in [-0.05, 0) is 32.6 Å². The molecule has 4 heteroatoms. The van der Waals surface area contributed by atoms with E-state index in [1.807, 2.05) is 0 Å². The summed E-state index contributed by atoms with van der Waals surface area (Å²) in [5.41, 5.74) is 0.0278. The Labute approximate surface area is 150 Å². The molecule has 0 saturated carbocycles. The molecule has 144 valence electrons. The topological polar surface area (TPSA) is 52.5 Å². The van der Waals surface area contributed by atoms with Gasteiger partial charge in [-0.2, -0.15) is 0 Å². The summed E-state index contributed by atoms with van der Waals surface area (Å²) in [6.45, 7) is 17.7. The van der Waals surface area contributed by atoms with Gasteiger partial charge in [-0.1, -0.05) is 53.4 Å². The lowest BCUT2D eigenvalue weighted by molar-refractivity contribution is -0.929. The summed E-state index contributed by atoms with van der Waals surface area (Å²) in [4.78, 5) is 10.0. The molecular weight excluding hydrogens is 300 g/mol. The van der Waals surface area contributed by atoms with Crippen LogP contribution < -0.4 is 0 Å². The fourth-order valence-electron chi connectivity index (χ4n) is 2.71. The van der Waals surface area contributed by atoms with Crippen LogP contribution in [0.5, 0.6) is 0 Å². The van der Waals surface area contributed by atoms with Crippen molar-refractivity contribution in [2.24, 2.45) is 5.16 Å². The van der Waals surface area contributed by atoms with Crippen molar-refractivity contribution in [3.8, 4) is 0 Å². The van der Waals surface area contributed by atoms with Crippen LogP contribution >= 0.6 is 0 Å². The third-order valence-corrected chi connectivity index (χ3v) is 4.59. The minimum Gasteiger partial charge on any atom is -0.792 e. The maximum absolute atomic E-state index is 10.0. The van der Waals surface area contributed by atoms with Crippen molar-refractivity contribution in [3.63, 3.8) is 0 Å². The number of unbranched alkanes of at least 4 members (excludes halogenated alkanes) is 4. The minimum absolute atomic E-state index is 0.0278. The summed E-state index contributed by atoms with van der Waals surface area (Å²) in [7, 11) is 0.